The Balaban J connectivity index is 1.77. The van der Waals surface area contributed by atoms with E-state index < -0.39 is 0 Å². The molecule has 24 heavy (non-hydrogen) atoms. The first-order valence-electron chi connectivity index (χ1n) is 7.32. The average molecular weight is 337 g/mol. The monoisotopic (exact) mass is 336 g/mol. The minimum Gasteiger partial charge on any atom is -0.438 e. The highest BCUT2D eigenvalue weighted by atomic mass is 35.5. The first-order valence-corrected chi connectivity index (χ1v) is 7.70. The van der Waals surface area contributed by atoms with Crippen molar-refractivity contribution in [1.82, 2.24) is 15.0 Å². The zero-order valence-corrected chi connectivity index (χ0v) is 13.3. The van der Waals surface area contributed by atoms with Gasteiger partial charge in [-0.05, 0) is 36.4 Å². The Hall–Kier alpha value is -3.05. The number of hydrogen-bond donors (Lipinski definition) is 2. The van der Waals surface area contributed by atoms with E-state index in [1.165, 1.54) is 6.33 Å². The minimum absolute atomic E-state index is 0.466. The molecule has 0 aliphatic carbocycles. The van der Waals surface area contributed by atoms with Crippen LogP contribution in [0.15, 0.2) is 60.9 Å². The van der Waals surface area contributed by atoms with E-state index in [-0.39, 0.29) is 0 Å². The van der Waals surface area contributed by atoms with Crippen molar-refractivity contribution >= 4 is 28.3 Å². The van der Waals surface area contributed by atoms with E-state index in [9.17, 15) is 0 Å². The standard InChI is InChI=1S/C18H13ClN4O/c19-12-4-2-6-14(8-12)24-18-15-9-16(23-17(15)21-10-22-18)11-3-1-5-13(20)7-11/h1-10H,20H2,(H,21,22,23). The summed E-state index contributed by atoms with van der Waals surface area (Å²) in [6, 6.07) is 16.8. The van der Waals surface area contributed by atoms with Crippen LogP contribution in [0.3, 0.4) is 0 Å². The van der Waals surface area contributed by atoms with Gasteiger partial charge in [-0.15, -0.1) is 0 Å². The Labute approximate surface area is 143 Å². The van der Waals surface area contributed by atoms with Crippen LogP contribution >= 0.6 is 11.6 Å². The smallest absolute Gasteiger partial charge is 0.231 e. The molecule has 0 fully saturated rings. The summed E-state index contributed by atoms with van der Waals surface area (Å²) >= 11 is 6.00. The number of aromatic nitrogens is 3. The van der Waals surface area contributed by atoms with Crippen molar-refractivity contribution in [3.63, 3.8) is 0 Å². The van der Waals surface area contributed by atoms with E-state index in [0.29, 0.717) is 28.0 Å². The van der Waals surface area contributed by atoms with Gasteiger partial charge in [0.2, 0.25) is 5.88 Å². The summed E-state index contributed by atoms with van der Waals surface area (Å²) in [6.45, 7) is 0. The molecule has 0 spiro atoms. The molecule has 3 N–H and O–H groups in total. The van der Waals surface area contributed by atoms with Crippen molar-refractivity contribution < 1.29 is 4.74 Å². The number of nitrogens with one attached hydrogen (secondary N) is 1. The quantitative estimate of drug-likeness (QED) is 0.534. The number of benzene rings is 2. The minimum atomic E-state index is 0.466. The van der Waals surface area contributed by atoms with E-state index in [0.717, 1.165) is 16.6 Å². The number of halogens is 1. The molecule has 118 valence electrons. The fraction of sp³-hybridized carbons (Fsp3) is 0. The number of rotatable bonds is 3. The fourth-order valence-electron chi connectivity index (χ4n) is 2.50. The second kappa shape index (κ2) is 5.86. The van der Waals surface area contributed by atoms with Gasteiger partial charge >= 0.3 is 0 Å². The highest BCUT2D eigenvalue weighted by Gasteiger charge is 2.11. The molecule has 5 nitrogen and oxygen atoms in total. The molecule has 0 aliphatic heterocycles. The molecule has 0 saturated carbocycles. The molecule has 2 aromatic heterocycles. The second-order valence-corrected chi connectivity index (χ2v) is 5.75. The van der Waals surface area contributed by atoms with Crippen molar-refractivity contribution in [2.45, 2.75) is 0 Å². The van der Waals surface area contributed by atoms with Crippen molar-refractivity contribution in [3.05, 3.63) is 65.9 Å². The number of anilines is 1. The molecule has 2 heterocycles. The van der Waals surface area contributed by atoms with Crippen molar-refractivity contribution in [1.29, 1.82) is 0 Å². The Morgan fingerprint density at radius 1 is 1.00 bits per heavy atom. The van der Waals surface area contributed by atoms with Gasteiger partial charge in [-0.1, -0.05) is 29.8 Å². The molecule has 4 rings (SSSR count). The third-order valence-electron chi connectivity index (χ3n) is 3.60. The van der Waals surface area contributed by atoms with Crippen LogP contribution in [0, 0.1) is 0 Å². The van der Waals surface area contributed by atoms with E-state index in [1.807, 2.05) is 42.5 Å². The van der Waals surface area contributed by atoms with Crippen LogP contribution in [0.25, 0.3) is 22.3 Å². The highest BCUT2D eigenvalue weighted by molar-refractivity contribution is 6.30. The summed E-state index contributed by atoms with van der Waals surface area (Å²) in [5.41, 5.74) is 9.12. The van der Waals surface area contributed by atoms with Gasteiger partial charge in [-0.3, -0.25) is 0 Å². The summed E-state index contributed by atoms with van der Waals surface area (Å²) in [6.07, 6.45) is 1.46. The van der Waals surface area contributed by atoms with Gasteiger partial charge in [0.15, 0.2) is 0 Å². The second-order valence-electron chi connectivity index (χ2n) is 5.31. The molecular weight excluding hydrogens is 324 g/mol. The van der Waals surface area contributed by atoms with Gasteiger partial charge in [-0.25, -0.2) is 9.97 Å². The van der Waals surface area contributed by atoms with Crippen LogP contribution in [0.2, 0.25) is 5.02 Å². The molecule has 0 atom stereocenters. The summed E-state index contributed by atoms with van der Waals surface area (Å²) in [7, 11) is 0. The summed E-state index contributed by atoms with van der Waals surface area (Å²) < 4.78 is 5.87. The molecule has 0 bridgehead atoms. The molecule has 2 aromatic carbocycles. The van der Waals surface area contributed by atoms with Crippen LogP contribution in [-0.4, -0.2) is 15.0 Å². The lowest BCUT2D eigenvalue weighted by molar-refractivity contribution is 0.468. The SMILES string of the molecule is Nc1cccc(-c2cc3c(Oc4cccc(Cl)c4)ncnc3[nH]2)c1. The van der Waals surface area contributed by atoms with Gasteiger partial charge in [0.05, 0.1) is 5.39 Å². The van der Waals surface area contributed by atoms with Crippen LogP contribution in [-0.2, 0) is 0 Å². The maximum atomic E-state index is 6.00. The first-order chi connectivity index (χ1) is 11.7. The van der Waals surface area contributed by atoms with E-state index in [1.54, 1.807) is 12.1 Å². The zero-order valence-electron chi connectivity index (χ0n) is 12.5. The van der Waals surface area contributed by atoms with E-state index in [4.69, 9.17) is 22.1 Å². The normalized spacial score (nSPS) is 10.9. The van der Waals surface area contributed by atoms with Crippen molar-refractivity contribution in [3.8, 4) is 22.9 Å². The molecule has 0 radical (unpaired) electrons. The lowest BCUT2D eigenvalue weighted by Gasteiger charge is -2.05. The Morgan fingerprint density at radius 3 is 2.71 bits per heavy atom. The molecule has 0 aliphatic rings. The number of H-pyrrole nitrogens is 1. The van der Waals surface area contributed by atoms with Gasteiger partial charge in [0, 0.05) is 22.0 Å². The molecule has 4 aromatic rings. The number of aromatic amines is 1. The maximum Gasteiger partial charge on any atom is 0.231 e. The third-order valence-corrected chi connectivity index (χ3v) is 3.83. The van der Waals surface area contributed by atoms with Gasteiger partial charge < -0.3 is 15.5 Å². The predicted octanol–water partition coefficient (Wildman–Crippen LogP) is 4.65. The van der Waals surface area contributed by atoms with Crippen LogP contribution in [0.4, 0.5) is 5.69 Å². The van der Waals surface area contributed by atoms with E-state index >= 15 is 0 Å². The van der Waals surface area contributed by atoms with Gasteiger partial charge in [0.1, 0.15) is 17.7 Å². The third kappa shape index (κ3) is 2.77. The molecule has 0 saturated heterocycles. The Kier molecular flexibility index (Phi) is 3.55. The summed E-state index contributed by atoms with van der Waals surface area (Å²) in [4.78, 5) is 11.8. The number of ether oxygens (including phenoxy) is 1. The van der Waals surface area contributed by atoms with E-state index in [2.05, 4.69) is 15.0 Å². The number of hydrogen-bond acceptors (Lipinski definition) is 4. The highest BCUT2D eigenvalue weighted by Crippen LogP contribution is 2.31. The summed E-state index contributed by atoms with van der Waals surface area (Å²) in [5.74, 6) is 1.09. The van der Waals surface area contributed by atoms with Crippen LogP contribution in [0.5, 0.6) is 11.6 Å². The molecule has 0 unspecified atom stereocenters. The lowest BCUT2D eigenvalue weighted by Crippen LogP contribution is -1.89. The molecule has 6 heteroatoms. The van der Waals surface area contributed by atoms with Gasteiger partial charge in [0.25, 0.3) is 0 Å². The largest absolute Gasteiger partial charge is 0.438 e. The van der Waals surface area contributed by atoms with Crippen LogP contribution in [0.1, 0.15) is 0 Å². The van der Waals surface area contributed by atoms with Crippen LogP contribution < -0.4 is 10.5 Å². The molecular formula is C18H13ClN4O. The average Bonchev–Trinajstić information content (AvgIpc) is 3.00. The Morgan fingerprint density at radius 2 is 1.88 bits per heavy atom. The topological polar surface area (TPSA) is 76.8 Å². The first kappa shape index (κ1) is 14.5. The number of nitrogens with zero attached hydrogens (tertiary/aromatic N) is 2. The zero-order chi connectivity index (χ0) is 16.5. The number of fused-ring (bicyclic) bond motifs is 1. The van der Waals surface area contributed by atoms with Gasteiger partial charge in [-0.2, -0.15) is 0 Å². The predicted molar refractivity (Wildman–Crippen MR) is 95.3 cm³/mol. The molecule has 0 amide bonds. The maximum absolute atomic E-state index is 6.00. The van der Waals surface area contributed by atoms with Crippen molar-refractivity contribution in [2.24, 2.45) is 0 Å². The lowest BCUT2D eigenvalue weighted by atomic mass is 10.1. The van der Waals surface area contributed by atoms with Crippen molar-refractivity contribution in [2.75, 3.05) is 5.73 Å². The Bertz CT molecular complexity index is 1030. The number of nitrogens with two attached hydrogens (primary N) is 1. The summed E-state index contributed by atoms with van der Waals surface area (Å²) in [5, 5.41) is 1.39. The number of nitrogen functional groups attached to an aromatic ring is 1. The fourth-order valence-corrected chi connectivity index (χ4v) is 2.68.